The summed E-state index contributed by atoms with van der Waals surface area (Å²) in [6, 6.07) is -0.997. The van der Waals surface area contributed by atoms with E-state index in [4.69, 9.17) is 9.84 Å². The summed E-state index contributed by atoms with van der Waals surface area (Å²) in [4.78, 5) is 21.7. The van der Waals surface area contributed by atoms with Crippen molar-refractivity contribution in [2.24, 2.45) is 0 Å². The van der Waals surface area contributed by atoms with Gasteiger partial charge in [0.15, 0.2) is 0 Å². The highest BCUT2D eigenvalue weighted by atomic mass is 16.5. The van der Waals surface area contributed by atoms with Gasteiger partial charge in [-0.1, -0.05) is 0 Å². The van der Waals surface area contributed by atoms with E-state index < -0.39 is 23.5 Å². The lowest BCUT2D eigenvalue weighted by Crippen LogP contribution is -2.51. The molecule has 1 amide bonds. The molecule has 0 radical (unpaired) electrons. The zero-order chi connectivity index (χ0) is 13.8. The van der Waals surface area contributed by atoms with Crippen molar-refractivity contribution in [1.82, 2.24) is 10.6 Å². The molecule has 3 atom stereocenters. The maximum absolute atomic E-state index is 10.9. The molecule has 0 saturated carbocycles. The molecule has 0 spiro atoms. The molecule has 7 nitrogen and oxygen atoms in total. The third-order valence-electron chi connectivity index (χ3n) is 3.11. The minimum Gasteiger partial charge on any atom is -0.480 e. The number of carbonyl (C=O) groups excluding carboxylic acids is 1. The molecule has 4 N–H and O–H groups in total. The van der Waals surface area contributed by atoms with Crippen molar-refractivity contribution in [3.05, 3.63) is 0 Å². The van der Waals surface area contributed by atoms with Gasteiger partial charge in [-0.05, 0) is 6.92 Å². The number of carboxylic acid groups (broad SMARTS) is 1. The summed E-state index contributed by atoms with van der Waals surface area (Å²) in [6.07, 6.45) is 0.230. The second kappa shape index (κ2) is 6.12. The Morgan fingerprint density at radius 3 is 2.67 bits per heavy atom. The Morgan fingerprint density at radius 1 is 1.56 bits per heavy atom. The van der Waals surface area contributed by atoms with Crippen LogP contribution in [0.1, 0.15) is 20.3 Å². The van der Waals surface area contributed by atoms with E-state index in [2.05, 4.69) is 10.6 Å². The molecule has 1 rings (SSSR count). The number of aliphatic hydroxyl groups is 1. The van der Waals surface area contributed by atoms with Gasteiger partial charge in [-0.3, -0.25) is 4.79 Å². The summed E-state index contributed by atoms with van der Waals surface area (Å²) >= 11 is 0. The van der Waals surface area contributed by atoms with Gasteiger partial charge in [0.05, 0.1) is 6.10 Å². The molecule has 18 heavy (non-hydrogen) atoms. The van der Waals surface area contributed by atoms with Gasteiger partial charge in [0, 0.05) is 33.0 Å². The fourth-order valence-corrected chi connectivity index (χ4v) is 1.88. The fraction of sp³-hybridized carbons (Fsp3) is 0.818. The first-order valence-electron chi connectivity index (χ1n) is 5.90. The normalized spacial score (nSPS) is 28.9. The highest BCUT2D eigenvalue weighted by Gasteiger charge is 2.39. The second-order valence-electron chi connectivity index (χ2n) is 4.59. The lowest BCUT2D eigenvalue weighted by Gasteiger charge is -2.27. The SMILES string of the molecule is CC(=O)NC(CNCC1(O)CCOC1C)C(=O)O. The van der Waals surface area contributed by atoms with Crippen molar-refractivity contribution in [3.63, 3.8) is 0 Å². The number of carbonyl (C=O) groups is 2. The van der Waals surface area contributed by atoms with Crippen LogP contribution < -0.4 is 10.6 Å². The van der Waals surface area contributed by atoms with Gasteiger partial charge in [0.1, 0.15) is 11.6 Å². The highest BCUT2D eigenvalue weighted by Crippen LogP contribution is 2.24. The molecule has 1 fully saturated rings. The number of amides is 1. The molecule has 0 aromatic carbocycles. The van der Waals surface area contributed by atoms with E-state index in [0.717, 1.165) is 0 Å². The molecule has 0 aromatic rings. The van der Waals surface area contributed by atoms with Crippen LogP contribution in [0.2, 0.25) is 0 Å². The van der Waals surface area contributed by atoms with Gasteiger partial charge in [-0.2, -0.15) is 0 Å². The minimum absolute atomic E-state index is 0.0595. The molecule has 1 saturated heterocycles. The minimum atomic E-state index is -1.11. The Balaban J connectivity index is 2.39. The molecule has 7 heteroatoms. The molecule has 3 unspecified atom stereocenters. The predicted octanol–water partition coefficient (Wildman–Crippen LogP) is -1.29. The van der Waals surface area contributed by atoms with Gasteiger partial charge in [-0.25, -0.2) is 4.79 Å². The van der Waals surface area contributed by atoms with E-state index in [1.807, 2.05) is 0 Å². The van der Waals surface area contributed by atoms with E-state index >= 15 is 0 Å². The van der Waals surface area contributed by atoms with Gasteiger partial charge in [0.2, 0.25) is 5.91 Å². The molecule has 1 aliphatic heterocycles. The van der Waals surface area contributed by atoms with Crippen LogP contribution in [0, 0.1) is 0 Å². The molecular formula is C11H20N2O5. The Morgan fingerprint density at radius 2 is 2.22 bits per heavy atom. The van der Waals surface area contributed by atoms with Crippen LogP contribution in [-0.2, 0) is 14.3 Å². The zero-order valence-electron chi connectivity index (χ0n) is 10.6. The lowest BCUT2D eigenvalue weighted by atomic mass is 9.96. The third kappa shape index (κ3) is 3.94. The van der Waals surface area contributed by atoms with Gasteiger partial charge in [-0.15, -0.1) is 0 Å². The molecule has 1 aliphatic rings. The summed E-state index contributed by atoms with van der Waals surface area (Å²) in [5.74, 6) is -1.51. The van der Waals surface area contributed by atoms with Crippen LogP contribution in [0.25, 0.3) is 0 Å². The monoisotopic (exact) mass is 260 g/mol. The van der Waals surface area contributed by atoms with Crippen molar-refractivity contribution in [3.8, 4) is 0 Å². The number of hydrogen-bond acceptors (Lipinski definition) is 5. The zero-order valence-corrected chi connectivity index (χ0v) is 10.6. The van der Waals surface area contributed by atoms with E-state index in [9.17, 15) is 14.7 Å². The van der Waals surface area contributed by atoms with Gasteiger partial charge < -0.3 is 25.6 Å². The van der Waals surface area contributed by atoms with Crippen LogP contribution >= 0.6 is 0 Å². The lowest BCUT2D eigenvalue weighted by molar-refractivity contribution is -0.141. The molecule has 0 aromatic heterocycles. The van der Waals surface area contributed by atoms with Crippen molar-refractivity contribution >= 4 is 11.9 Å². The number of hydrogen-bond donors (Lipinski definition) is 4. The highest BCUT2D eigenvalue weighted by molar-refractivity contribution is 5.82. The largest absolute Gasteiger partial charge is 0.480 e. The Bertz CT molecular complexity index is 323. The van der Waals surface area contributed by atoms with Crippen molar-refractivity contribution in [2.75, 3.05) is 19.7 Å². The summed E-state index contributed by atoms with van der Waals surface area (Å²) < 4.78 is 5.26. The van der Waals surface area contributed by atoms with Crippen LogP contribution in [-0.4, -0.2) is 59.5 Å². The van der Waals surface area contributed by atoms with Crippen molar-refractivity contribution in [1.29, 1.82) is 0 Å². The second-order valence-corrected chi connectivity index (χ2v) is 4.59. The van der Waals surface area contributed by atoms with E-state index in [1.54, 1.807) is 6.92 Å². The summed E-state index contributed by atoms with van der Waals surface area (Å²) in [5.41, 5.74) is -0.973. The van der Waals surface area contributed by atoms with Crippen LogP contribution in [0.5, 0.6) is 0 Å². The predicted molar refractivity (Wildman–Crippen MR) is 63.1 cm³/mol. The number of aliphatic carboxylic acids is 1. The number of rotatable bonds is 6. The summed E-state index contributed by atoms with van der Waals surface area (Å²) in [7, 11) is 0. The summed E-state index contributed by atoms with van der Waals surface area (Å²) in [5, 5.41) is 24.2. The first kappa shape index (κ1) is 14.9. The van der Waals surface area contributed by atoms with Gasteiger partial charge in [0.25, 0.3) is 0 Å². The third-order valence-corrected chi connectivity index (χ3v) is 3.11. The molecular weight excluding hydrogens is 240 g/mol. The number of ether oxygens (including phenoxy) is 1. The molecule has 0 bridgehead atoms. The maximum Gasteiger partial charge on any atom is 0.327 e. The van der Waals surface area contributed by atoms with Crippen LogP contribution in [0.15, 0.2) is 0 Å². The average Bonchev–Trinajstić information content (AvgIpc) is 2.57. The average molecular weight is 260 g/mol. The standard InChI is InChI=1S/C11H20N2O5/c1-7-11(17,3-4-18-7)6-12-5-9(10(15)16)13-8(2)14/h7,9,12,17H,3-6H2,1-2H3,(H,13,14)(H,15,16). The smallest absolute Gasteiger partial charge is 0.327 e. The molecule has 0 aliphatic carbocycles. The van der Waals surface area contributed by atoms with E-state index in [0.29, 0.717) is 13.0 Å². The van der Waals surface area contributed by atoms with Crippen LogP contribution in [0.3, 0.4) is 0 Å². The topological polar surface area (TPSA) is 108 Å². The van der Waals surface area contributed by atoms with Crippen molar-refractivity contribution < 1.29 is 24.5 Å². The van der Waals surface area contributed by atoms with E-state index in [1.165, 1.54) is 6.92 Å². The van der Waals surface area contributed by atoms with Crippen molar-refractivity contribution in [2.45, 2.75) is 38.0 Å². The summed E-state index contributed by atoms with van der Waals surface area (Å²) in [6.45, 7) is 3.82. The first-order valence-corrected chi connectivity index (χ1v) is 5.90. The fourth-order valence-electron chi connectivity index (χ4n) is 1.88. The van der Waals surface area contributed by atoms with E-state index in [-0.39, 0.29) is 19.2 Å². The Hall–Kier alpha value is -1.18. The Kier molecular flexibility index (Phi) is 5.06. The quantitative estimate of drug-likeness (QED) is 0.473. The van der Waals surface area contributed by atoms with Gasteiger partial charge >= 0.3 is 5.97 Å². The molecule has 1 heterocycles. The first-order chi connectivity index (χ1) is 8.35. The number of nitrogens with one attached hydrogen (secondary N) is 2. The maximum atomic E-state index is 10.9. The van der Waals surface area contributed by atoms with Crippen LogP contribution in [0.4, 0.5) is 0 Å². The molecule has 104 valence electrons. The number of carboxylic acids is 1. The Labute approximate surface area is 106 Å².